The molecule has 0 aliphatic rings. The molecule has 166 valence electrons. The number of hydrogen-bond donors (Lipinski definition) is 1. The summed E-state index contributed by atoms with van der Waals surface area (Å²) >= 11 is 13.7. The predicted octanol–water partition coefficient (Wildman–Crippen LogP) is 6.66. The number of carbonyl (C=O) groups excluding carboxylic acids is 1. The Morgan fingerprint density at radius 1 is 1.00 bits per heavy atom. The van der Waals surface area contributed by atoms with Crippen LogP contribution in [-0.2, 0) is 4.79 Å². The number of Topliss-reactive ketones (excluding diaryl/α,β-unsaturated/α-hetero) is 1. The zero-order valence-electron chi connectivity index (χ0n) is 17.8. The number of hydrazone groups is 1. The first-order chi connectivity index (χ1) is 15.9. The highest BCUT2D eigenvalue weighted by Gasteiger charge is 2.21. The Balaban J connectivity index is 1.77. The summed E-state index contributed by atoms with van der Waals surface area (Å²) in [6.45, 7) is 3.43. The van der Waals surface area contributed by atoms with Gasteiger partial charge in [-0.05, 0) is 60.6 Å². The minimum atomic E-state index is -0.199. The normalized spacial score (nSPS) is 11.5. The van der Waals surface area contributed by atoms with Crippen LogP contribution in [0.1, 0.15) is 12.5 Å². The van der Waals surface area contributed by atoms with Gasteiger partial charge in [-0.1, -0.05) is 59.6 Å². The minimum Gasteiger partial charge on any atom is -0.292 e. The van der Waals surface area contributed by atoms with E-state index in [0.29, 0.717) is 26.6 Å². The summed E-state index contributed by atoms with van der Waals surface area (Å²) in [5.74, 6) is 0.329. The molecule has 33 heavy (non-hydrogen) atoms. The van der Waals surface area contributed by atoms with Crippen molar-refractivity contribution in [2.24, 2.45) is 5.10 Å². The minimum absolute atomic E-state index is 0.199. The van der Waals surface area contributed by atoms with Crippen LogP contribution in [0, 0.1) is 6.92 Å². The van der Waals surface area contributed by atoms with Gasteiger partial charge in [-0.15, -0.1) is 10.2 Å². The number of carbonyl (C=O) groups is 1. The van der Waals surface area contributed by atoms with E-state index in [9.17, 15) is 4.79 Å². The number of aryl methyl sites for hydroxylation is 1. The van der Waals surface area contributed by atoms with E-state index in [-0.39, 0.29) is 10.8 Å². The van der Waals surface area contributed by atoms with E-state index < -0.39 is 0 Å². The second kappa shape index (κ2) is 10.2. The monoisotopic (exact) mass is 495 g/mol. The summed E-state index contributed by atoms with van der Waals surface area (Å²) in [5, 5.41) is 14.8. The van der Waals surface area contributed by atoms with Crippen LogP contribution in [0.25, 0.3) is 17.1 Å². The van der Waals surface area contributed by atoms with Gasteiger partial charge in [-0.2, -0.15) is 5.10 Å². The van der Waals surface area contributed by atoms with E-state index in [1.807, 2.05) is 66.1 Å². The molecule has 0 aliphatic carbocycles. The molecule has 1 aromatic heterocycles. The molecule has 0 aliphatic heterocycles. The summed E-state index contributed by atoms with van der Waals surface area (Å²) in [7, 11) is 0. The van der Waals surface area contributed by atoms with Gasteiger partial charge in [0.1, 0.15) is 0 Å². The van der Waals surface area contributed by atoms with Crippen LogP contribution in [0.3, 0.4) is 0 Å². The molecule has 9 heteroatoms. The molecule has 0 spiro atoms. The lowest BCUT2D eigenvalue weighted by molar-refractivity contribution is -0.110. The maximum absolute atomic E-state index is 12.4. The van der Waals surface area contributed by atoms with Gasteiger partial charge in [0.2, 0.25) is 5.16 Å². The molecule has 0 bridgehead atoms. The Bertz CT molecular complexity index is 1340. The molecule has 0 saturated carbocycles. The standard InChI is InChI=1S/C24H19Cl2N5OS/c1-15-8-6-7-11-21(15)27-29-23(16(2)32)33-24-30-28-22(19-13-12-17(25)14-20(19)26)31(24)18-9-4-3-5-10-18/h3-14,27H,1-2H3/b29-23+. The Morgan fingerprint density at radius 3 is 2.42 bits per heavy atom. The molecular formula is C24H19Cl2N5OS. The first kappa shape index (κ1) is 23.0. The zero-order valence-corrected chi connectivity index (χ0v) is 20.1. The van der Waals surface area contributed by atoms with Crippen molar-refractivity contribution < 1.29 is 4.79 Å². The number of para-hydroxylation sites is 2. The molecule has 1 heterocycles. The van der Waals surface area contributed by atoms with Crippen molar-refractivity contribution in [2.75, 3.05) is 5.43 Å². The third kappa shape index (κ3) is 5.27. The maximum atomic E-state index is 12.4. The number of benzene rings is 3. The van der Waals surface area contributed by atoms with Gasteiger partial charge in [0, 0.05) is 23.2 Å². The van der Waals surface area contributed by atoms with Gasteiger partial charge in [0.15, 0.2) is 16.7 Å². The number of anilines is 1. The topological polar surface area (TPSA) is 72.2 Å². The number of halogens is 2. The van der Waals surface area contributed by atoms with E-state index in [1.165, 1.54) is 6.92 Å². The molecule has 4 rings (SSSR count). The second-order valence-corrected chi connectivity index (χ2v) is 8.90. The first-order valence-electron chi connectivity index (χ1n) is 9.98. The van der Waals surface area contributed by atoms with Gasteiger partial charge in [0.25, 0.3) is 0 Å². The molecule has 6 nitrogen and oxygen atoms in total. The number of rotatable bonds is 6. The van der Waals surface area contributed by atoms with Crippen LogP contribution in [0.2, 0.25) is 10.0 Å². The highest BCUT2D eigenvalue weighted by Crippen LogP contribution is 2.34. The molecule has 0 saturated heterocycles. The van der Waals surface area contributed by atoms with Crippen molar-refractivity contribution in [2.45, 2.75) is 19.0 Å². The molecule has 0 radical (unpaired) electrons. The molecule has 0 fully saturated rings. The highest BCUT2D eigenvalue weighted by atomic mass is 35.5. The predicted molar refractivity (Wildman–Crippen MR) is 136 cm³/mol. The zero-order chi connectivity index (χ0) is 23.4. The van der Waals surface area contributed by atoms with Gasteiger partial charge in [-0.25, -0.2) is 0 Å². The SMILES string of the molecule is CC(=O)/C(=N\Nc1ccccc1C)Sc1nnc(-c2ccc(Cl)cc2Cl)n1-c1ccccc1. The van der Waals surface area contributed by atoms with Crippen molar-refractivity contribution in [1.82, 2.24) is 14.8 Å². The van der Waals surface area contributed by atoms with Crippen molar-refractivity contribution in [3.05, 3.63) is 88.4 Å². The van der Waals surface area contributed by atoms with Crippen molar-refractivity contribution in [1.29, 1.82) is 0 Å². The molecule has 3 aromatic carbocycles. The van der Waals surface area contributed by atoms with Gasteiger partial charge in [0.05, 0.1) is 10.7 Å². The second-order valence-electron chi connectivity index (χ2n) is 7.10. The maximum Gasteiger partial charge on any atom is 0.202 e. The fourth-order valence-electron chi connectivity index (χ4n) is 3.06. The summed E-state index contributed by atoms with van der Waals surface area (Å²) in [6, 6.07) is 22.5. The van der Waals surface area contributed by atoms with E-state index >= 15 is 0 Å². The van der Waals surface area contributed by atoms with Gasteiger partial charge >= 0.3 is 0 Å². The number of ketones is 1. The Kier molecular flexibility index (Phi) is 7.13. The lowest BCUT2D eigenvalue weighted by Crippen LogP contribution is -2.10. The lowest BCUT2D eigenvalue weighted by Gasteiger charge is -2.12. The van der Waals surface area contributed by atoms with E-state index in [2.05, 4.69) is 20.7 Å². The summed E-state index contributed by atoms with van der Waals surface area (Å²) in [5.41, 5.74) is 6.30. The number of thioether (sulfide) groups is 1. The third-order valence-electron chi connectivity index (χ3n) is 4.73. The van der Waals surface area contributed by atoms with Gasteiger partial charge in [-0.3, -0.25) is 14.8 Å². The molecule has 0 unspecified atom stereocenters. The third-order valence-corrected chi connectivity index (χ3v) is 6.30. The smallest absolute Gasteiger partial charge is 0.202 e. The summed E-state index contributed by atoms with van der Waals surface area (Å²) in [4.78, 5) is 12.4. The highest BCUT2D eigenvalue weighted by molar-refractivity contribution is 8.15. The van der Waals surface area contributed by atoms with Crippen LogP contribution in [0.15, 0.2) is 83.1 Å². The summed E-state index contributed by atoms with van der Waals surface area (Å²) < 4.78 is 1.84. The molecular weight excluding hydrogens is 477 g/mol. The van der Waals surface area contributed by atoms with Crippen LogP contribution in [-0.4, -0.2) is 25.6 Å². The van der Waals surface area contributed by atoms with Crippen molar-refractivity contribution in [3.8, 4) is 17.1 Å². The number of nitrogens with one attached hydrogen (secondary N) is 1. The molecule has 0 amide bonds. The van der Waals surface area contributed by atoms with Gasteiger partial charge < -0.3 is 0 Å². The summed E-state index contributed by atoms with van der Waals surface area (Å²) in [6.07, 6.45) is 0. The Hall–Kier alpha value is -3.13. The average molecular weight is 496 g/mol. The number of aromatic nitrogens is 3. The average Bonchev–Trinajstić information content (AvgIpc) is 3.21. The fourth-order valence-corrected chi connectivity index (χ4v) is 4.33. The lowest BCUT2D eigenvalue weighted by atomic mass is 10.2. The molecule has 1 N–H and O–H groups in total. The van der Waals surface area contributed by atoms with Crippen LogP contribution >= 0.6 is 35.0 Å². The van der Waals surface area contributed by atoms with E-state index in [0.717, 1.165) is 28.7 Å². The molecule has 4 aromatic rings. The fraction of sp³-hybridized carbons (Fsp3) is 0.0833. The first-order valence-corrected chi connectivity index (χ1v) is 11.6. The van der Waals surface area contributed by atoms with Crippen molar-refractivity contribution >= 4 is 51.5 Å². The van der Waals surface area contributed by atoms with Crippen LogP contribution in [0.4, 0.5) is 5.69 Å². The largest absolute Gasteiger partial charge is 0.292 e. The van der Waals surface area contributed by atoms with Crippen LogP contribution in [0.5, 0.6) is 0 Å². The van der Waals surface area contributed by atoms with Crippen molar-refractivity contribution in [3.63, 3.8) is 0 Å². The molecule has 0 atom stereocenters. The quantitative estimate of drug-likeness (QED) is 0.140. The van der Waals surface area contributed by atoms with Crippen LogP contribution < -0.4 is 5.43 Å². The Labute approximate surface area is 205 Å². The van der Waals surface area contributed by atoms with E-state index in [4.69, 9.17) is 23.2 Å². The number of nitrogens with zero attached hydrogens (tertiary/aromatic N) is 4. The number of hydrogen-bond acceptors (Lipinski definition) is 6. The Morgan fingerprint density at radius 2 is 1.73 bits per heavy atom. The van der Waals surface area contributed by atoms with E-state index in [1.54, 1.807) is 18.2 Å².